The van der Waals surface area contributed by atoms with Gasteiger partial charge in [0.2, 0.25) is 20.0 Å². The van der Waals surface area contributed by atoms with Crippen LogP contribution in [0.4, 0.5) is 0 Å². The average Bonchev–Trinajstić information content (AvgIpc) is 3.09. The lowest BCUT2D eigenvalue weighted by Gasteiger charge is -2.25. The van der Waals surface area contributed by atoms with Crippen molar-refractivity contribution in [1.29, 1.82) is 0 Å². The molecule has 0 aliphatic carbocycles. The van der Waals surface area contributed by atoms with Gasteiger partial charge in [-0.25, -0.2) is 21.6 Å². The molecule has 26 heavy (non-hydrogen) atoms. The van der Waals surface area contributed by atoms with E-state index < -0.39 is 20.0 Å². The van der Waals surface area contributed by atoms with Gasteiger partial charge in [0.05, 0.1) is 4.90 Å². The first-order valence-electron chi connectivity index (χ1n) is 8.44. The maximum absolute atomic E-state index is 12.6. The molecule has 9 heteroatoms. The Morgan fingerprint density at radius 2 is 1.62 bits per heavy atom. The van der Waals surface area contributed by atoms with Crippen LogP contribution in [0.25, 0.3) is 0 Å². The summed E-state index contributed by atoms with van der Waals surface area (Å²) in [4.78, 5) is 1.18. The van der Waals surface area contributed by atoms with Crippen LogP contribution in [-0.4, -0.2) is 34.2 Å². The fourth-order valence-corrected chi connectivity index (χ4v) is 6.70. The molecule has 0 amide bonds. The Balaban J connectivity index is 1.68. The van der Waals surface area contributed by atoms with Crippen molar-refractivity contribution in [3.8, 4) is 0 Å². The molecule has 1 aliphatic heterocycles. The normalized spacial score (nSPS) is 16.7. The minimum Gasteiger partial charge on any atom is -0.207 e. The highest BCUT2D eigenvalue weighted by atomic mass is 32.2. The van der Waals surface area contributed by atoms with Gasteiger partial charge < -0.3 is 0 Å². The fraction of sp³-hybridized carbons (Fsp3) is 0.412. The molecule has 1 saturated heterocycles. The summed E-state index contributed by atoms with van der Waals surface area (Å²) in [6, 6.07) is 9.74. The quantitative estimate of drug-likeness (QED) is 0.788. The van der Waals surface area contributed by atoms with E-state index in [0.29, 0.717) is 18.7 Å². The van der Waals surface area contributed by atoms with Gasteiger partial charge in [-0.1, -0.05) is 18.6 Å². The minimum absolute atomic E-state index is 0.114. The van der Waals surface area contributed by atoms with E-state index in [0.717, 1.165) is 24.1 Å². The van der Waals surface area contributed by atoms with Crippen LogP contribution in [0.1, 0.15) is 29.7 Å². The van der Waals surface area contributed by atoms with Gasteiger partial charge in [0.1, 0.15) is 4.21 Å². The summed E-state index contributed by atoms with van der Waals surface area (Å²) in [5, 5.41) is 0. The number of rotatable bonds is 6. The van der Waals surface area contributed by atoms with E-state index in [1.807, 2.05) is 6.92 Å². The van der Waals surface area contributed by atoms with E-state index in [1.54, 1.807) is 36.4 Å². The summed E-state index contributed by atoms with van der Waals surface area (Å²) in [5.74, 6) is 0. The van der Waals surface area contributed by atoms with Crippen LogP contribution in [0, 0.1) is 6.92 Å². The molecular formula is C17H22N2O4S3. The van der Waals surface area contributed by atoms with Crippen LogP contribution in [0.3, 0.4) is 0 Å². The number of nitrogens with one attached hydrogen (secondary N) is 1. The van der Waals surface area contributed by atoms with Crippen molar-refractivity contribution in [3.05, 3.63) is 46.8 Å². The molecule has 2 aromatic rings. The molecule has 0 radical (unpaired) electrons. The minimum atomic E-state index is -3.55. The zero-order valence-electron chi connectivity index (χ0n) is 14.5. The highest BCUT2D eigenvalue weighted by molar-refractivity contribution is 7.91. The van der Waals surface area contributed by atoms with Crippen LogP contribution >= 0.6 is 11.3 Å². The maximum Gasteiger partial charge on any atom is 0.250 e. The Morgan fingerprint density at radius 3 is 2.19 bits per heavy atom. The van der Waals surface area contributed by atoms with Crippen LogP contribution in [-0.2, 0) is 26.6 Å². The third-order valence-electron chi connectivity index (χ3n) is 4.32. The summed E-state index contributed by atoms with van der Waals surface area (Å²) in [5.41, 5.74) is 0.708. The average molecular weight is 415 g/mol. The maximum atomic E-state index is 12.6. The van der Waals surface area contributed by atoms with Crippen molar-refractivity contribution in [2.45, 2.75) is 41.8 Å². The van der Waals surface area contributed by atoms with Gasteiger partial charge in [-0.2, -0.15) is 4.31 Å². The van der Waals surface area contributed by atoms with Gasteiger partial charge in [0.25, 0.3) is 0 Å². The number of sulfonamides is 2. The first-order chi connectivity index (χ1) is 12.3. The standard InChI is InChI=1S/C17H22N2O4S3/c1-14-5-10-17(24-14)25(20,21)18-13-15-6-8-16(9-7-15)26(22,23)19-11-3-2-4-12-19/h5-10,18H,2-4,11-13H2,1H3. The highest BCUT2D eigenvalue weighted by Gasteiger charge is 2.25. The second-order valence-electron chi connectivity index (χ2n) is 6.30. The van der Waals surface area contributed by atoms with E-state index >= 15 is 0 Å². The van der Waals surface area contributed by atoms with E-state index in [2.05, 4.69) is 4.72 Å². The number of piperidine rings is 1. The molecule has 1 aliphatic rings. The number of aryl methyl sites for hydroxylation is 1. The lowest BCUT2D eigenvalue weighted by molar-refractivity contribution is 0.346. The number of thiophene rings is 1. The number of hydrogen-bond donors (Lipinski definition) is 1. The molecule has 0 bridgehead atoms. The smallest absolute Gasteiger partial charge is 0.207 e. The molecule has 0 spiro atoms. The Hall–Kier alpha value is -1.26. The van der Waals surface area contributed by atoms with Crippen molar-refractivity contribution in [3.63, 3.8) is 0 Å². The lowest BCUT2D eigenvalue weighted by atomic mass is 10.2. The fourth-order valence-electron chi connectivity index (χ4n) is 2.84. The largest absolute Gasteiger partial charge is 0.250 e. The number of nitrogens with zero attached hydrogens (tertiary/aromatic N) is 1. The summed E-state index contributed by atoms with van der Waals surface area (Å²) in [6.45, 7) is 3.09. The van der Waals surface area contributed by atoms with Crippen LogP contribution in [0.5, 0.6) is 0 Å². The monoisotopic (exact) mass is 414 g/mol. The van der Waals surface area contributed by atoms with Crippen LogP contribution < -0.4 is 4.72 Å². The van der Waals surface area contributed by atoms with Crippen molar-refractivity contribution in [2.75, 3.05) is 13.1 Å². The first-order valence-corrected chi connectivity index (χ1v) is 12.2. The molecule has 142 valence electrons. The summed E-state index contributed by atoms with van der Waals surface area (Å²) in [7, 11) is -7.02. The molecule has 0 atom stereocenters. The molecule has 1 aromatic heterocycles. The van der Waals surface area contributed by atoms with Gasteiger partial charge in [-0.15, -0.1) is 11.3 Å². The SMILES string of the molecule is Cc1ccc(S(=O)(=O)NCc2ccc(S(=O)(=O)N3CCCCC3)cc2)s1. The van der Waals surface area contributed by atoms with Gasteiger partial charge >= 0.3 is 0 Å². The third kappa shape index (κ3) is 4.34. The summed E-state index contributed by atoms with van der Waals surface area (Å²) < 4.78 is 54.1. The molecule has 1 fully saturated rings. The van der Waals surface area contributed by atoms with Crippen LogP contribution in [0.2, 0.25) is 0 Å². The summed E-state index contributed by atoms with van der Waals surface area (Å²) >= 11 is 1.22. The molecular weight excluding hydrogens is 392 g/mol. The predicted molar refractivity (Wildman–Crippen MR) is 102 cm³/mol. The third-order valence-corrected chi connectivity index (χ3v) is 9.13. The lowest BCUT2D eigenvalue weighted by Crippen LogP contribution is -2.35. The second-order valence-corrected chi connectivity index (χ2v) is 11.5. The van der Waals surface area contributed by atoms with Crippen molar-refractivity contribution in [2.24, 2.45) is 0 Å². The van der Waals surface area contributed by atoms with E-state index in [4.69, 9.17) is 0 Å². The highest BCUT2D eigenvalue weighted by Crippen LogP contribution is 2.22. The van der Waals surface area contributed by atoms with Gasteiger partial charge in [0, 0.05) is 24.5 Å². The number of benzene rings is 1. The predicted octanol–water partition coefficient (Wildman–Crippen LogP) is 2.71. The van der Waals surface area contributed by atoms with Crippen molar-refractivity contribution in [1.82, 2.24) is 9.03 Å². The Bertz CT molecular complexity index is 958. The van der Waals surface area contributed by atoms with Crippen LogP contribution in [0.15, 0.2) is 45.5 Å². The van der Waals surface area contributed by atoms with Gasteiger partial charge in [-0.3, -0.25) is 0 Å². The molecule has 1 N–H and O–H groups in total. The number of hydrogen-bond acceptors (Lipinski definition) is 5. The van der Waals surface area contributed by atoms with E-state index in [1.165, 1.54) is 15.6 Å². The zero-order valence-corrected chi connectivity index (χ0v) is 17.0. The Morgan fingerprint density at radius 1 is 0.962 bits per heavy atom. The van der Waals surface area contributed by atoms with Gasteiger partial charge in [-0.05, 0) is 49.6 Å². The molecule has 1 aromatic carbocycles. The van der Waals surface area contributed by atoms with E-state index in [9.17, 15) is 16.8 Å². The molecule has 0 unspecified atom stereocenters. The van der Waals surface area contributed by atoms with Gasteiger partial charge in [0.15, 0.2) is 0 Å². The van der Waals surface area contributed by atoms with Crippen molar-refractivity contribution < 1.29 is 16.8 Å². The Labute approximate surface area is 159 Å². The molecule has 0 saturated carbocycles. The van der Waals surface area contributed by atoms with Crippen molar-refractivity contribution >= 4 is 31.4 Å². The zero-order chi connectivity index (χ0) is 18.8. The molecule has 6 nitrogen and oxygen atoms in total. The molecule has 2 heterocycles. The second kappa shape index (κ2) is 7.77. The topological polar surface area (TPSA) is 83.5 Å². The summed E-state index contributed by atoms with van der Waals surface area (Å²) in [6.07, 6.45) is 2.84. The molecule has 3 rings (SSSR count). The van der Waals surface area contributed by atoms with E-state index in [-0.39, 0.29) is 15.6 Å². The Kier molecular flexibility index (Phi) is 5.83. The first kappa shape index (κ1) is 19.5.